The Morgan fingerprint density at radius 3 is 2.85 bits per heavy atom. The van der Waals surface area contributed by atoms with Crippen molar-refractivity contribution in [3.8, 4) is 11.5 Å². The zero-order valence-corrected chi connectivity index (χ0v) is 15.7. The van der Waals surface area contributed by atoms with Gasteiger partial charge in [0.1, 0.15) is 11.5 Å². The van der Waals surface area contributed by atoms with Crippen LogP contribution in [0.3, 0.4) is 0 Å². The van der Waals surface area contributed by atoms with E-state index in [-0.39, 0.29) is 12.5 Å². The largest absolute Gasteiger partial charge is 0.496 e. The average Bonchev–Trinajstić information content (AvgIpc) is 2.87. The Labute approximate surface area is 159 Å². The van der Waals surface area contributed by atoms with E-state index in [1.807, 2.05) is 36.4 Å². The molecule has 2 aliphatic heterocycles. The molecule has 7 heteroatoms. The average molecular weight is 417 g/mol. The van der Waals surface area contributed by atoms with Crippen LogP contribution in [0.5, 0.6) is 11.5 Å². The van der Waals surface area contributed by atoms with Crippen LogP contribution in [-0.2, 0) is 16.9 Å². The maximum Gasteiger partial charge on any atom is 0.325 e. The van der Waals surface area contributed by atoms with Gasteiger partial charge in [-0.25, -0.2) is 4.79 Å². The van der Waals surface area contributed by atoms with E-state index in [0.29, 0.717) is 30.1 Å². The lowest BCUT2D eigenvalue weighted by Crippen LogP contribution is -2.47. The number of imide groups is 1. The molecular formula is C19H17BrN2O4. The van der Waals surface area contributed by atoms with Crippen molar-refractivity contribution in [2.75, 3.05) is 13.7 Å². The minimum absolute atomic E-state index is 0.192. The van der Waals surface area contributed by atoms with Gasteiger partial charge in [-0.15, -0.1) is 0 Å². The van der Waals surface area contributed by atoms with Gasteiger partial charge in [-0.3, -0.25) is 9.69 Å². The topological polar surface area (TPSA) is 67.9 Å². The Kier molecular flexibility index (Phi) is 4.11. The van der Waals surface area contributed by atoms with Gasteiger partial charge in [0, 0.05) is 12.0 Å². The third kappa shape index (κ3) is 2.54. The van der Waals surface area contributed by atoms with Gasteiger partial charge in [-0.1, -0.05) is 24.3 Å². The number of ether oxygens (including phenoxy) is 2. The van der Waals surface area contributed by atoms with Gasteiger partial charge < -0.3 is 14.8 Å². The highest BCUT2D eigenvalue weighted by atomic mass is 79.9. The molecule has 0 aliphatic carbocycles. The van der Waals surface area contributed by atoms with Gasteiger partial charge in [-0.2, -0.15) is 0 Å². The van der Waals surface area contributed by atoms with E-state index in [9.17, 15) is 9.59 Å². The first-order valence-corrected chi connectivity index (χ1v) is 9.03. The summed E-state index contributed by atoms with van der Waals surface area (Å²) in [5.74, 6) is 1.09. The first kappa shape index (κ1) is 16.9. The number of carbonyl (C=O) groups excluding carboxylic acids is 2. The van der Waals surface area contributed by atoms with Gasteiger partial charge in [0.05, 0.1) is 24.7 Å². The Hall–Kier alpha value is -2.54. The van der Waals surface area contributed by atoms with Crippen molar-refractivity contribution in [1.82, 2.24) is 10.2 Å². The van der Waals surface area contributed by atoms with E-state index in [0.717, 1.165) is 10.0 Å². The van der Waals surface area contributed by atoms with Gasteiger partial charge >= 0.3 is 6.03 Å². The number of fused-ring (bicyclic) bond motifs is 2. The minimum atomic E-state index is -1.05. The van der Waals surface area contributed by atoms with Crippen molar-refractivity contribution in [3.63, 3.8) is 0 Å². The zero-order chi connectivity index (χ0) is 18.3. The second kappa shape index (κ2) is 6.32. The number of rotatable bonds is 3. The molecule has 2 aromatic carbocycles. The molecule has 1 saturated heterocycles. The van der Waals surface area contributed by atoms with E-state index in [1.54, 1.807) is 13.2 Å². The van der Waals surface area contributed by atoms with Crippen LogP contribution in [0, 0.1) is 0 Å². The van der Waals surface area contributed by atoms with Crippen molar-refractivity contribution >= 4 is 27.9 Å². The number of amides is 3. The number of nitrogens with one attached hydrogen (secondary N) is 1. The maximum atomic E-state index is 13.2. The number of benzene rings is 2. The standard InChI is InChI=1S/C19H17BrN2O4/c1-25-16-7-6-12(10-14(16)20)11-22-17(23)19(21-18(22)24)8-9-26-15-5-3-2-4-13(15)19/h2-7,10H,8-9,11H2,1H3,(H,21,24). The normalized spacial score (nSPS) is 21.4. The van der Waals surface area contributed by atoms with Crippen LogP contribution >= 0.6 is 15.9 Å². The van der Waals surface area contributed by atoms with Crippen LogP contribution in [0.2, 0.25) is 0 Å². The van der Waals surface area contributed by atoms with Crippen LogP contribution in [0.15, 0.2) is 46.9 Å². The van der Waals surface area contributed by atoms with Gasteiger partial charge in [-0.05, 0) is 39.7 Å². The molecule has 134 valence electrons. The molecule has 3 amide bonds. The fourth-order valence-corrected chi connectivity index (χ4v) is 4.09. The van der Waals surface area contributed by atoms with E-state index in [1.165, 1.54) is 4.90 Å². The quantitative estimate of drug-likeness (QED) is 0.780. The second-order valence-electron chi connectivity index (χ2n) is 6.29. The highest BCUT2D eigenvalue weighted by Crippen LogP contribution is 2.41. The number of hydrogen-bond donors (Lipinski definition) is 1. The van der Waals surface area contributed by atoms with Crippen LogP contribution in [0.25, 0.3) is 0 Å². The van der Waals surface area contributed by atoms with E-state index < -0.39 is 11.6 Å². The van der Waals surface area contributed by atoms with E-state index in [4.69, 9.17) is 9.47 Å². The number of carbonyl (C=O) groups is 2. The molecule has 26 heavy (non-hydrogen) atoms. The molecule has 1 atom stereocenters. The summed E-state index contributed by atoms with van der Waals surface area (Å²) in [6, 6.07) is 12.5. The lowest BCUT2D eigenvalue weighted by atomic mass is 9.84. The molecule has 1 unspecified atom stereocenters. The van der Waals surface area contributed by atoms with Gasteiger partial charge in [0.15, 0.2) is 5.54 Å². The Bertz CT molecular complexity index is 901. The molecule has 1 fully saturated rings. The number of para-hydroxylation sites is 1. The molecule has 2 aromatic rings. The van der Waals surface area contributed by atoms with E-state index >= 15 is 0 Å². The third-order valence-electron chi connectivity index (χ3n) is 4.81. The fraction of sp³-hybridized carbons (Fsp3) is 0.263. The Morgan fingerprint density at radius 1 is 1.27 bits per heavy atom. The predicted molar refractivity (Wildman–Crippen MR) is 98.0 cm³/mol. The molecule has 0 bridgehead atoms. The molecule has 1 N–H and O–H groups in total. The number of hydrogen-bond acceptors (Lipinski definition) is 4. The fourth-order valence-electron chi connectivity index (χ4n) is 3.51. The summed E-state index contributed by atoms with van der Waals surface area (Å²) < 4.78 is 11.6. The summed E-state index contributed by atoms with van der Waals surface area (Å²) in [4.78, 5) is 27.1. The highest BCUT2D eigenvalue weighted by molar-refractivity contribution is 9.10. The molecule has 2 aliphatic rings. The van der Waals surface area contributed by atoms with Crippen LogP contribution < -0.4 is 14.8 Å². The first-order valence-electron chi connectivity index (χ1n) is 8.24. The van der Waals surface area contributed by atoms with Crippen LogP contribution in [0.1, 0.15) is 17.5 Å². The molecule has 4 rings (SSSR count). The molecule has 0 aromatic heterocycles. The van der Waals surface area contributed by atoms with Crippen LogP contribution in [-0.4, -0.2) is 30.6 Å². The van der Waals surface area contributed by atoms with Crippen molar-refractivity contribution in [3.05, 3.63) is 58.1 Å². The smallest absolute Gasteiger partial charge is 0.325 e. The zero-order valence-electron chi connectivity index (χ0n) is 14.1. The van der Waals surface area contributed by atoms with Gasteiger partial charge in [0.2, 0.25) is 0 Å². The lowest BCUT2D eigenvalue weighted by Gasteiger charge is -2.33. The monoisotopic (exact) mass is 416 g/mol. The van der Waals surface area contributed by atoms with Crippen molar-refractivity contribution < 1.29 is 19.1 Å². The Balaban J connectivity index is 1.66. The summed E-state index contributed by atoms with van der Waals surface area (Å²) in [6.45, 7) is 0.572. The molecule has 0 radical (unpaired) electrons. The lowest BCUT2D eigenvalue weighted by molar-refractivity contribution is -0.133. The van der Waals surface area contributed by atoms with Crippen molar-refractivity contribution in [2.45, 2.75) is 18.5 Å². The molecule has 0 saturated carbocycles. The summed E-state index contributed by atoms with van der Waals surface area (Å²) in [7, 11) is 1.59. The maximum absolute atomic E-state index is 13.2. The Morgan fingerprint density at radius 2 is 2.08 bits per heavy atom. The summed E-state index contributed by atoms with van der Waals surface area (Å²) >= 11 is 3.43. The first-order chi connectivity index (χ1) is 12.5. The SMILES string of the molecule is COc1ccc(CN2C(=O)NC3(CCOc4ccccc43)C2=O)cc1Br. The summed E-state index contributed by atoms with van der Waals surface area (Å²) in [5, 5.41) is 2.90. The minimum Gasteiger partial charge on any atom is -0.496 e. The number of urea groups is 1. The van der Waals surface area contributed by atoms with E-state index in [2.05, 4.69) is 21.2 Å². The highest BCUT2D eigenvalue weighted by Gasteiger charge is 2.54. The third-order valence-corrected chi connectivity index (χ3v) is 5.43. The molecule has 1 spiro atoms. The molecule has 6 nitrogen and oxygen atoms in total. The van der Waals surface area contributed by atoms with Gasteiger partial charge in [0.25, 0.3) is 5.91 Å². The summed E-state index contributed by atoms with van der Waals surface area (Å²) in [6.07, 6.45) is 0.414. The predicted octanol–water partition coefficient (Wildman–Crippen LogP) is 3.19. The van der Waals surface area contributed by atoms with Crippen LogP contribution in [0.4, 0.5) is 4.79 Å². The number of nitrogens with zero attached hydrogens (tertiary/aromatic N) is 1. The molecular weight excluding hydrogens is 400 g/mol. The second-order valence-corrected chi connectivity index (χ2v) is 7.14. The number of halogens is 1. The van der Waals surface area contributed by atoms with Crippen molar-refractivity contribution in [2.24, 2.45) is 0 Å². The van der Waals surface area contributed by atoms with Crippen molar-refractivity contribution in [1.29, 1.82) is 0 Å². The summed E-state index contributed by atoms with van der Waals surface area (Å²) in [5.41, 5.74) is 0.497. The number of methoxy groups -OCH3 is 1. The molecule has 2 heterocycles.